The van der Waals surface area contributed by atoms with Crippen LogP contribution >= 0.6 is 0 Å². The lowest BCUT2D eigenvalue weighted by molar-refractivity contribution is -0.231. The number of aromatic nitrogens is 1. The van der Waals surface area contributed by atoms with Gasteiger partial charge >= 0.3 is 6.18 Å². The molecule has 3 heterocycles. The Bertz CT molecular complexity index is 721. The van der Waals surface area contributed by atoms with E-state index in [4.69, 9.17) is 15.0 Å². The summed E-state index contributed by atoms with van der Waals surface area (Å²) < 4.78 is 77.5. The highest BCUT2D eigenvalue weighted by Gasteiger charge is 2.57. The monoisotopic (exact) mass is 383 g/mol. The number of aryl methyl sites for hydroxylation is 1. The topological polar surface area (TPSA) is 98.7 Å². The standard InChI is InChI=1S/C14H20F3N3O4S/c1-9-11(12(18)19-24-9)25(21,22)20-5-2-10(14(15,16)17)13(8-20)3-6-23-7-4-13/h10H,2-8H2,1H3,(H2,18,19)/t10-/m0/s1. The summed E-state index contributed by atoms with van der Waals surface area (Å²) in [7, 11) is -4.08. The molecule has 0 bridgehead atoms. The third-order valence-electron chi connectivity index (χ3n) is 5.21. The predicted octanol–water partition coefficient (Wildman–Crippen LogP) is 1.93. The van der Waals surface area contributed by atoms with Gasteiger partial charge in [0.15, 0.2) is 16.5 Å². The molecule has 2 aliphatic heterocycles. The van der Waals surface area contributed by atoms with E-state index in [0.717, 1.165) is 4.31 Å². The summed E-state index contributed by atoms with van der Waals surface area (Å²) in [4.78, 5) is -0.264. The molecule has 0 saturated carbocycles. The van der Waals surface area contributed by atoms with E-state index in [-0.39, 0.29) is 62.0 Å². The fraction of sp³-hybridized carbons (Fsp3) is 0.786. The number of hydrogen-bond acceptors (Lipinski definition) is 6. The van der Waals surface area contributed by atoms with Gasteiger partial charge in [0.1, 0.15) is 0 Å². The average molecular weight is 383 g/mol. The van der Waals surface area contributed by atoms with Gasteiger partial charge in [0, 0.05) is 31.7 Å². The number of ether oxygens (including phenoxy) is 1. The largest absolute Gasteiger partial charge is 0.392 e. The highest BCUT2D eigenvalue weighted by Crippen LogP contribution is 2.51. The van der Waals surface area contributed by atoms with Crippen LogP contribution in [0.5, 0.6) is 0 Å². The van der Waals surface area contributed by atoms with Crippen molar-refractivity contribution < 1.29 is 30.8 Å². The van der Waals surface area contributed by atoms with Gasteiger partial charge in [0.2, 0.25) is 10.0 Å². The minimum atomic E-state index is -4.38. The molecule has 0 unspecified atom stereocenters. The van der Waals surface area contributed by atoms with E-state index in [0.29, 0.717) is 0 Å². The summed E-state index contributed by atoms with van der Waals surface area (Å²) in [6.45, 7) is 1.35. The van der Waals surface area contributed by atoms with Crippen LogP contribution in [0.25, 0.3) is 0 Å². The van der Waals surface area contributed by atoms with Crippen molar-refractivity contribution in [1.82, 2.24) is 9.46 Å². The van der Waals surface area contributed by atoms with Crippen LogP contribution in [0.15, 0.2) is 9.42 Å². The molecule has 11 heteroatoms. The van der Waals surface area contributed by atoms with Crippen LogP contribution in [0.1, 0.15) is 25.0 Å². The number of piperidine rings is 1. The normalized spacial score (nSPS) is 25.4. The Labute approximate surface area is 143 Å². The van der Waals surface area contributed by atoms with Crippen molar-refractivity contribution in [3.8, 4) is 0 Å². The van der Waals surface area contributed by atoms with Gasteiger partial charge in [-0.25, -0.2) is 8.42 Å². The molecule has 7 nitrogen and oxygen atoms in total. The molecule has 1 spiro atoms. The molecule has 2 N–H and O–H groups in total. The summed E-state index contributed by atoms with van der Waals surface area (Å²) in [6, 6.07) is 0. The molecule has 0 aromatic carbocycles. The quantitative estimate of drug-likeness (QED) is 0.838. The summed E-state index contributed by atoms with van der Waals surface area (Å²) in [6.07, 6.45) is -4.32. The number of rotatable bonds is 2. The maximum atomic E-state index is 13.5. The number of nitrogens with two attached hydrogens (primary N) is 1. The number of alkyl halides is 3. The van der Waals surface area contributed by atoms with Crippen LogP contribution in [0, 0.1) is 18.3 Å². The Balaban J connectivity index is 1.96. The van der Waals surface area contributed by atoms with Crippen LogP contribution in [-0.4, -0.2) is 50.4 Å². The maximum Gasteiger partial charge on any atom is 0.392 e. The van der Waals surface area contributed by atoms with Crippen molar-refractivity contribution in [2.24, 2.45) is 11.3 Å². The van der Waals surface area contributed by atoms with Crippen molar-refractivity contribution in [3.05, 3.63) is 5.76 Å². The molecule has 3 rings (SSSR count). The molecule has 0 amide bonds. The van der Waals surface area contributed by atoms with Crippen LogP contribution in [0.2, 0.25) is 0 Å². The second-order valence-corrected chi connectivity index (χ2v) is 8.52. The van der Waals surface area contributed by atoms with Gasteiger partial charge < -0.3 is 15.0 Å². The highest BCUT2D eigenvalue weighted by molar-refractivity contribution is 7.89. The molecule has 142 valence electrons. The smallest absolute Gasteiger partial charge is 0.381 e. The molecule has 0 radical (unpaired) electrons. The lowest BCUT2D eigenvalue weighted by Gasteiger charge is -2.50. The van der Waals surface area contributed by atoms with Crippen molar-refractivity contribution in [3.63, 3.8) is 0 Å². The van der Waals surface area contributed by atoms with E-state index in [1.165, 1.54) is 6.92 Å². The Hall–Kier alpha value is -1.33. The number of nitrogens with zero attached hydrogens (tertiary/aromatic N) is 2. The van der Waals surface area contributed by atoms with Gasteiger partial charge in [0.05, 0.1) is 5.92 Å². The van der Waals surface area contributed by atoms with E-state index < -0.39 is 27.5 Å². The zero-order chi connectivity index (χ0) is 18.5. The molecule has 1 aromatic heterocycles. The summed E-state index contributed by atoms with van der Waals surface area (Å²) >= 11 is 0. The van der Waals surface area contributed by atoms with Crippen molar-refractivity contribution in [2.45, 2.75) is 37.3 Å². The molecule has 25 heavy (non-hydrogen) atoms. The first-order valence-corrected chi connectivity index (χ1v) is 9.38. The second kappa shape index (κ2) is 6.13. The first kappa shape index (κ1) is 18.5. The number of nitrogen functional groups attached to an aromatic ring is 1. The fourth-order valence-electron chi connectivity index (χ4n) is 3.94. The third kappa shape index (κ3) is 3.13. The minimum absolute atomic E-state index is 0.0245. The summed E-state index contributed by atoms with van der Waals surface area (Å²) in [5, 5.41) is 3.43. The summed E-state index contributed by atoms with van der Waals surface area (Å²) in [5.74, 6) is -1.80. The van der Waals surface area contributed by atoms with Gasteiger partial charge in [-0.1, -0.05) is 5.16 Å². The minimum Gasteiger partial charge on any atom is -0.381 e. The molecule has 1 aromatic rings. The lowest BCUT2D eigenvalue weighted by Crippen LogP contribution is -2.56. The first-order valence-electron chi connectivity index (χ1n) is 7.94. The van der Waals surface area contributed by atoms with Crippen molar-refractivity contribution >= 4 is 15.8 Å². The zero-order valence-corrected chi connectivity index (χ0v) is 14.5. The molecule has 2 saturated heterocycles. The second-order valence-electron chi connectivity index (χ2n) is 6.65. The van der Waals surface area contributed by atoms with Crippen LogP contribution in [0.4, 0.5) is 19.0 Å². The molecular weight excluding hydrogens is 363 g/mol. The fourth-order valence-corrected chi connectivity index (χ4v) is 5.68. The van der Waals surface area contributed by atoms with E-state index in [2.05, 4.69) is 5.16 Å². The maximum absolute atomic E-state index is 13.5. The Morgan fingerprint density at radius 3 is 2.48 bits per heavy atom. The Morgan fingerprint density at radius 2 is 1.96 bits per heavy atom. The SMILES string of the molecule is Cc1onc(N)c1S(=O)(=O)N1CC[C@H](C(F)(F)F)C2(CCOCC2)C1. The lowest BCUT2D eigenvalue weighted by atomic mass is 9.66. The van der Waals surface area contributed by atoms with Gasteiger partial charge in [-0.15, -0.1) is 0 Å². The van der Waals surface area contributed by atoms with Gasteiger partial charge in [-0.3, -0.25) is 0 Å². The molecule has 1 atom stereocenters. The Morgan fingerprint density at radius 1 is 1.32 bits per heavy atom. The molecule has 2 fully saturated rings. The number of halogens is 3. The van der Waals surface area contributed by atoms with E-state index in [1.54, 1.807) is 0 Å². The number of anilines is 1. The van der Waals surface area contributed by atoms with Crippen LogP contribution in [0.3, 0.4) is 0 Å². The van der Waals surface area contributed by atoms with E-state index in [9.17, 15) is 21.6 Å². The van der Waals surface area contributed by atoms with E-state index in [1.807, 2.05) is 0 Å². The molecular formula is C14H20F3N3O4S. The van der Waals surface area contributed by atoms with Gasteiger partial charge in [0.25, 0.3) is 0 Å². The average Bonchev–Trinajstić information content (AvgIpc) is 2.86. The zero-order valence-electron chi connectivity index (χ0n) is 13.7. The summed E-state index contributed by atoms with van der Waals surface area (Å²) in [5.41, 5.74) is 4.41. The van der Waals surface area contributed by atoms with Crippen molar-refractivity contribution in [2.75, 3.05) is 32.0 Å². The van der Waals surface area contributed by atoms with E-state index >= 15 is 0 Å². The predicted molar refractivity (Wildman–Crippen MR) is 81.1 cm³/mol. The first-order chi connectivity index (χ1) is 11.6. The van der Waals surface area contributed by atoms with Gasteiger partial charge in [-0.05, 0) is 26.2 Å². The van der Waals surface area contributed by atoms with Gasteiger partial charge in [-0.2, -0.15) is 17.5 Å². The highest BCUT2D eigenvalue weighted by atomic mass is 32.2. The number of hydrogen-bond donors (Lipinski definition) is 1. The van der Waals surface area contributed by atoms with Crippen molar-refractivity contribution in [1.29, 1.82) is 0 Å². The molecule has 2 aliphatic rings. The van der Waals surface area contributed by atoms with Crippen LogP contribution in [-0.2, 0) is 14.8 Å². The van der Waals surface area contributed by atoms with Crippen LogP contribution < -0.4 is 5.73 Å². The molecule has 0 aliphatic carbocycles. The third-order valence-corrected chi connectivity index (χ3v) is 7.22. The number of sulfonamides is 1. The Kier molecular flexibility index (Phi) is 4.53.